The van der Waals surface area contributed by atoms with Crippen LogP contribution in [0, 0.1) is 6.92 Å². The van der Waals surface area contributed by atoms with Gasteiger partial charge in [-0.2, -0.15) is 4.98 Å². The third-order valence-electron chi connectivity index (χ3n) is 5.37. The zero-order chi connectivity index (χ0) is 18.6. The van der Waals surface area contributed by atoms with E-state index in [1.165, 1.54) is 0 Å². The summed E-state index contributed by atoms with van der Waals surface area (Å²) in [7, 11) is 0. The molecule has 2 fully saturated rings. The Morgan fingerprint density at radius 3 is 2.00 bits per heavy atom. The Morgan fingerprint density at radius 1 is 0.778 bits per heavy atom. The summed E-state index contributed by atoms with van der Waals surface area (Å²) in [5.41, 5.74) is 1.03. The van der Waals surface area contributed by atoms with E-state index in [1.54, 1.807) is 12.4 Å². The van der Waals surface area contributed by atoms with Gasteiger partial charge in [-0.05, 0) is 19.5 Å². The van der Waals surface area contributed by atoms with Gasteiger partial charge in [-0.25, -0.2) is 15.0 Å². The number of piperazine rings is 2. The van der Waals surface area contributed by atoms with Crippen molar-refractivity contribution in [3.05, 3.63) is 30.2 Å². The molecule has 0 saturated carbocycles. The Bertz CT molecular complexity index is 737. The number of rotatable bonds is 4. The summed E-state index contributed by atoms with van der Waals surface area (Å²) >= 11 is 0. The van der Waals surface area contributed by atoms with E-state index in [-0.39, 0.29) is 0 Å². The quantitative estimate of drug-likeness (QED) is 0.793. The molecule has 8 nitrogen and oxygen atoms in total. The van der Waals surface area contributed by atoms with Crippen molar-refractivity contribution in [1.29, 1.82) is 0 Å². The molecule has 2 aliphatic heterocycles. The van der Waals surface area contributed by atoms with E-state index in [4.69, 9.17) is 9.97 Å². The van der Waals surface area contributed by atoms with Crippen molar-refractivity contribution in [1.82, 2.24) is 24.8 Å². The summed E-state index contributed by atoms with van der Waals surface area (Å²) < 4.78 is 0. The van der Waals surface area contributed by atoms with Gasteiger partial charge in [0.1, 0.15) is 5.82 Å². The Kier molecular flexibility index (Phi) is 5.33. The second-order valence-electron chi connectivity index (χ2n) is 7.11. The number of aromatic nitrogens is 4. The molecule has 0 bridgehead atoms. The molecule has 0 spiro atoms. The molecular formula is C19H28N8. The van der Waals surface area contributed by atoms with Gasteiger partial charge in [0.05, 0.1) is 0 Å². The molecule has 4 heterocycles. The molecule has 4 rings (SSSR count). The van der Waals surface area contributed by atoms with Crippen LogP contribution >= 0.6 is 0 Å². The summed E-state index contributed by atoms with van der Waals surface area (Å²) in [6.07, 6.45) is 3.59. The van der Waals surface area contributed by atoms with Gasteiger partial charge in [0.25, 0.3) is 0 Å². The minimum absolute atomic E-state index is 0.803. The molecule has 2 aromatic rings. The van der Waals surface area contributed by atoms with Gasteiger partial charge in [0, 0.05) is 76.5 Å². The van der Waals surface area contributed by atoms with Crippen LogP contribution in [-0.4, -0.2) is 83.7 Å². The predicted molar refractivity (Wildman–Crippen MR) is 108 cm³/mol. The maximum atomic E-state index is 4.90. The van der Waals surface area contributed by atoms with E-state index >= 15 is 0 Å². The lowest BCUT2D eigenvalue weighted by molar-refractivity contribution is 0.270. The molecular weight excluding hydrogens is 340 g/mol. The molecule has 0 aromatic carbocycles. The first-order valence-electron chi connectivity index (χ1n) is 9.83. The lowest BCUT2D eigenvalue weighted by atomic mass is 10.3. The maximum absolute atomic E-state index is 4.90. The lowest BCUT2D eigenvalue weighted by Gasteiger charge is -2.37. The molecule has 0 aliphatic carbocycles. The summed E-state index contributed by atoms with van der Waals surface area (Å²) in [6.45, 7) is 13.2. The fourth-order valence-electron chi connectivity index (χ4n) is 3.69. The van der Waals surface area contributed by atoms with Crippen LogP contribution in [-0.2, 0) is 0 Å². The molecule has 0 unspecified atom stereocenters. The van der Waals surface area contributed by atoms with Gasteiger partial charge >= 0.3 is 0 Å². The normalized spacial score (nSPS) is 18.8. The molecule has 8 heteroatoms. The Labute approximate surface area is 160 Å². The zero-order valence-corrected chi connectivity index (χ0v) is 16.3. The van der Waals surface area contributed by atoms with E-state index in [1.807, 2.05) is 6.07 Å². The minimum Gasteiger partial charge on any atom is -0.354 e. The highest BCUT2D eigenvalue weighted by atomic mass is 15.4. The summed E-state index contributed by atoms with van der Waals surface area (Å²) in [5.74, 6) is 2.70. The number of aryl methyl sites for hydroxylation is 1. The molecule has 27 heavy (non-hydrogen) atoms. The van der Waals surface area contributed by atoms with Crippen LogP contribution in [0.5, 0.6) is 0 Å². The average molecular weight is 368 g/mol. The molecule has 0 radical (unpaired) electrons. The van der Waals surface area contributed by atoms with Crippen LogP contribution in [0.3, 0.4) is 0 Å². The molecule has 0 atom stereocenters. The fraction of sp³-hybridized carbons (Fsp3) is 0.579. The smallest absolute Gasteiger partial charge is 0.227 e. The second kappa shape index (κ2) is 8.04. The van der Waals surface area contributed by atoms with E-state index in [0.29, 0.717) is 0 Å². The highest BCUT2D eigenvalue weighted by Gasteiger charge is 2.23. The first kappa shape index (κ1) is 17.9. The second-order valence-corrected chi connectivity index (χ2v) is 7.11. The van der Waals surface area contributed by atoms with Gasteiger partial charge in [-0.3, -0.25) is 0 Å². The molecule has 2 saturated heterocycles. The van der Waals surface area contributed by atoms with Gasteiger partial charge in [-0.1, -0.05) is 6.92 Å². The first-order valence-corrected chi connectivity index (χ1v) is 9.83. The number of likely N-dealkylation sites (N-methyl/N-ethyl adjacent to an activating group) is 1. The van der Waals surface area contributed by atoms with Crippen molar-refractivity contribution in [2.45, 2.75) is 13.8 Å². The van der Waals surface area contributed by atoms with E-state index < -0.39 is 0 Å². The third kappa shape index (κ3) is 4.10. The topological polar surface area (TPSA) is 64.5 Å². The van der Waals surface area contributed by atoms with E-state index in [9.17, 15) is 0 Å². The lowest BCUT2D eigenvalue weighted by Crippen LogP contribution is -2.48. The molecule has 2 aliphatic rings. The average Bonchev–Trinajstić information content (AvgIpc) is 2.74. The van der Waals surface area contributed by atoms with Crippen molar-refractivity contribution in [3.8, 4) is 0 Å². The van der Waals surface area contributed by atoms with Gasteiger partial charge in [0.2, 0.25) is 11.9 Å². The Morgan fingerprint density at radius 2 is 1.37 bits per heavy atom. The number of hydrogen-bond acceptors (Lipinski definition) is 8. The molecule has 0 amide bonds. The SMILES string of the molecule is CCN1CCN(c2cc(C)nc(N3CCN(c4ncccn4)CC3)n2)CC1. The van der Waals surface area contributed by atoms with Gasteiger partial charge in [-0.15, -0.1) is 0 Å². The van der Waals surface area contributed by atoms with E-state index in [2.05, 4.69) is 49.5 Å². The van der Waals surface area contributed by atoms with Crippen molar-refractivity contribution in [2.24, 2.45) is 0 Å². The molecule has 144 valence electrons. The largest absolute Gasteiger partial charge is 0.354 e. The summed E-state index contributed by atoms with van der Waals surface area (Å²) in [5, 5.41) is 0. The summed E-state index contributed by atoms with van der Waals surface area (Å²) in [6, 6.07) is 3.96. The van der Waals surface area contributed by atoms with Crippen molar-refractivity contribution in [2.75, 3.05) is 73.6 Å². The molecule has 0 N–H and O–H groups in total. The van der Waals surface area contributed by atoms with Crippen LogP contribution in [0.25, 0.3) is 0 Å². The van der Waals surface area contributed by atoms with Crippen LogP contribution in [0.1, 0.15) is 12.6 Å². The minimum atomic E-state index is 0.803. The fourth-order valence-corrected chi connectivity index (χ4v) is 3.69. The number of nitrogens with zero attached hydrogens (tertiary/aromatic N) is 8. The molecule has 2 aromatic heterocycles. The standard InChI is InChI=1S/C19H28N8/c1-3-24-7-9-25(10-8-24)17-15-16(2)22-19(23-17)27-13-11-26(12-14-27)18-20-5-4-6-21-18/h4-6,15H,3,7-14H2,1-2H3. The van der Waals surface area contributed by atoms with Crippen molar-refractivity contribution >= 4 is 17.7 Å². The van der Waals surface area contributed by atoms with Crippen LogP contribution in [0.2, 0.25) is 0 Å². The van der Waals surface area contributed by atoms with Crippen molar-refractivity contribution < 1.29 is 0 Å². The number of hydrogen-bond donors (Lipinski definition) is 0. The highest BCUT2D eigenvalue weighted by Crippen LogP contribution is 2.20. The Balaban J connectivity index is 1.43. The van der Waals surface area contributed by atoms with E-state index in [0.717, 1.165) is 82.3 Å². The monoisotopic (exact) mass is 368 g/mol. The van der Waals surface area contributed by atoms with Crippen molar-refractivity contribution in [3.63, 3.8) is 0 Å². The van der Waals surface area contributed by atoms with Crippen LogP contribution < -0.4 is 14.7 Å². The first-order chi connectivity index (χ1) is 13.2. The van der Waals surface area contributed by atoms with Crippen LogP contribution in [0.15, 0.2) is 24.5 Å². The number of anilines is 3. The maximum Gasteiger partial charge on any atom is 0.227 e. The van der Waals surface area contributed by atoms with Gasteiger partial charge in [0.15, 0.2) is 0 Å². The predicted octanol–water partition coefficient (Wildman–Crippen LogP) is 1.04. The third-order valence-corrected chi connectivity index (χ3v) is 5.37. The Hall–Kier alpha value is -2.48. The zero-order valence-electron chi connectivity index (χ0n) is 16.3. The van der Waals surface area contributed by atoms with Crippen LogP contribution in [0.4, 0.5) is 17.7 Å². The van der Waals surface area contributed by atoms with Gasteiger partial charge < -0.3 is 19.6 Å². The summed E-state index contributed by atoms with van der Waals surface area (Å²) in [4.78, 5) is 27.7. The highest BCUT2D eigenvalue weighted by molar-refractivity contribution is 5.47.